The van der Waals surface area contributed by atoms with Crippen molar-refractivity contribution in [2.75, 3.05) is 13.2 Å². The van der Waals surface area contributed by atoms with E-state index in [2.05, 4.69) is 5.32 Å². The Kier molecular flexibility index (Phi) is 5.05. The van der Waals surface area contributed by atoms with Crippen molar-refractivity contribution in [3.8, 4) is 11.5 Å². The molecule has 19 heavy (non-hydrogen) atoms. The Morgan fingerprint density at radius 1 is 1.37 bits per heavy atom. The van der Waals surface area contributed by atoms with Gasteiger partial charge in [0.25, 0.3) is 0 Å². The van der Waals surface area contributed by atoms with Gasteiger partial charge in [0.2, 0.25) is 0 Å². The van der Waals surface area contributed by atoms with E-state index < -0.39 is 0 Å². The summed E-state index contributed by atoms with van der Waals surface area (Å²) in [5.74, 6) is 0.220. The van der Waals surface area contributed by atoms with Gasteiger partial charge >= 0.3 is 0 Å². The molecular weight excluding hydrogens is 242 g/mol. The van der Waals surface area contributed by atoms with Crippen molar-refractivity contribution >= 4 is 0 Å². The maximum absolute atomic E-state index is 9.79. The highest BCUT2D eigenvalue weighted by molar-refractivity contribution is 5.40. The lowest BCUT2D eigenvalue weighted by Gasteiger charge is -2.23. The molecule has 1 aliphatic heterocycles. The molecule has 3 N–H and O–H groups in total. The number of ether oxygens (including phenoxy) is 1. The van der Waals surface area contributed by atoms with Crippen molar-refractivity contribution in [3.63, 3.8) is 0 Å². The van der Waals surface area contributed by atoms with E-state index in [-0.39, 0.29) is 17.5 Å². The highest BCUT2D eigenvalue weighted by Crippen LogP contribution is 2.27. The zero-order valence-electron chi connectivity index (χ0n) is 11.4. The fourth-order valence-corrected chi connectivity index (χ4v) is 2.50. The summed E-state index contributed by atoms with van der Waals surface area (Å²) in [4.78, 5) is 0. The third-order valence-corrected chi connectivity index (χ3v) is 3.67. The summed E-state index contributed by atoms with van der Waals surface area (Å²) in [6.45, 7) is 3.76. The van der Waals surface area contributed by atoms with E-state index in [0.717, 1.165) is 31.6 Å². The maximum Gasteiger partial charge on any atom is 0.124 e. The molecular formula is C15H23NO3. The highest BCUT2D eigenvalue weighted by atomic mass is 16.5. The van der Waals surface area contributed by atoms with Crippen LogP contribution in [0.15, 0.2) is 18.2 Å². The minimum atomic E-state index is 0.0594. The number of benzene rings is 1. The molecule has 2 rings (SSSR count). The molecule has 0 radical (unpaired) electrons. The van der Waals surface area contributed by atoms with Gasteiger partial charge in [-0.25, -0.2) is 0 Å². The van der Waals surface area contributed by atoms with E-state index in [1.807, 2.05) is 6.92 Å². The fourth-order valence-electron chi connectivity index (χ4n) is 2.50. The second-order valence-corrected chi connectivity index (χ2v) is 5.20. The number of phenolic OH excluding ortho intramolecular Hbond substituents is 2. The van der Waals surface area contributed by atoms with Gasteiger partial charge in [-0.1, -0.05) is 6.07 Å². The molecule has 0 aromatic heterocycles. The van der Waals surface area contributed by atoms with Crippen LogP contribution in [0.25, 0.3) is 0 Å². The molecule has 0 aliphatic carbocycles. The first kappa shape index (κ1) is 14.2. The minimum Gasteiger partial charge on any atom is -0.508 e. The lowest BCUT2D eigenvalue weighted by atomic mass is 10.0. The first-order valence-electron chi connectivity index (χ1n) is 7.03. The highest BCUT2D eigenvalue weighted by Gasteiger charge is 2.15. The number of aromatic hydroxyl groups is 2. The number of phenols is 2. The van der Waals surface area contributed by atoms with Crippen LogP contribution in [0, 0.1) is 0 Å². The van der Waals surface area contributed by atoms with Gasteiger partial charge in [-0.05, 0) is 45.2 Å². The largest absolute Gasteiger partial charge is 0.508 e. The van der Waals surface area contributed by atoms with Crippen LogP contribution in [-0.4, -0.2) is 29.5 Å². The van der Waals surface area contributed by atoms with Crippen LogP contribution >= 0.6 is 0 Å². The lowest BCUT2D eigenvalue weighted by Crippen LogP contribution is -2.27. The van der Waals surface area contributed by atoms with E-state index >= 15 is 0 Å². The van der Waals surface area contributed by atoms with E-state index in [9.17, 15) is 10.2 Å². The van der Waals surface area contributed by atoms with Crippen molar-refractivity contribution < 1.29 is 14.9 Å². The molecule has 2 unspecified atom stereocenters. The predicted molar refractivity (Wildman–Crippen MR) is 74.4 cm³/mol. The molecule has 1 aromatic rings. The third kappa shape index (κ3) is 4.11. The Balaban J connectivity index is 1.78. The Bertz CT molecular complexity index is 402. The summed E-state index contributed by atoms with van der Waals surface area (Å²) in [7, 11) is 0. The predicted octanol–water partition coefficient (Wildman–Crippen LogP) is 2.71. The number of hydrogen-bond acceptors (Lipinski definition) is 4. The van der Waals surface area contributed by atoms with Crippen LogP contribution in [0.2, 0.25) is 0 Å². The number of nitrogens with one attached hydrogen (secondary N) is 1. The molecule has 0 bridgehead atoms. The SMILES string of the molecule is CC(NCCC1CCCCO1)c1ccc(O)cc1O. The molecule has 0 amide bonds. The Morgan fingerprint density at radius 2 is 2.21 bits per heavy atom. The van der Waals surface area contributed by atoms with Gasteiger partial charge in [0.1, 0.15) is 11.5 Å². The molecule has 4 heteroatoms. The van der Waals surface area contributed by atoms with Crippen molar-refractivity contribution in [2.45, 2.75) is 44.8 Å². The molecule has 1 fully saturated rings. The molecule has 1 aromatic carbocycles. The average molecular weight is 265 g/mol. The fraction of sp³-hybridized carbons (Fsp3) is 0.600. The van der Waals surface area contributed by atoms with Crippen LogP contribution in [0.1, 0.15) is 44.2 Å². The molecule has 1 aliphatic rings. The zero-order valence-corrected chi connectivity index (χ0v) is 11.4. The Morgan fingerprint density at radius 3 is 2.89 bits per heavy atom. The summed E-state index contributed by atoms with van der Waals surface area (Å²) >= 11 is 0. The van der Waals surface area contributed by atoms with Gasteiger partial charge in [0.05, 0.1) is 6.10 Å². The molecule has 2 atom stereocenters. The van der Waals surface area contributed by atoms with Crippen LogP contribution in [0.5, 0.6) is 11.5 Å². The van der Waals surface area contributed by atoms with Crippen LogP contribution < -0.4 is 5.32 Å². The zero-order chi connectivity index (χ0) is 13.7. The molecule has 0 saturated carbocycles. The van der Waals surface area contributed by atoms with Crippen LogP contribution in [0.4, 0.5) is 0 Å². The van der Waals surface area contributed by atoms with Crippen LogP contribution in [-0.2, 0) is 4.74 Å². The first-order valence-corrected chi connectivity index (χ1v) is 7.03. The van der Waals surface area contributed by atoms with E-state index in [1.54, 1.807) is 12.1 Å². The second kappa shape index (κ2) is 6.78. The van der Waals surface area contributed by atoms with Crippen molar-refractivity contribution in [2.24, 2.45) is 0 Å². The smallest absolute Gasteiger partial charge is 0.124 e. The quantitative estimate of drug-likeness (QED) is 0.766. The number of hydrogen-bond donors (Lipinski definition) is 3. The maximum atomic E-state index is 9.79. The Labute approximate surface area is 114 Å². The van der Waals surface area contributed by atoms with Crippen molar-refractivity contribution in [1.29, 1.82) is 0 Å². The molecule has 1 heterocycles. The summed E-state index contributed by atoms with van der Waals surface area (Å²) in [6.07, 6.45) is 4.98. The normalized spacial score (nSPS) is 21.2. The van der Waals surface area contributed by atoms with Gasteiger partial charge in [0, 0.05) is 24.3 Å². The summed E-state index contributed by atoms with van der Waals surface area (Å²) in [5.41, 5.74) is 0.808. The molecule has 106 valence electrons. The van der Waals surface area contributed by atoms with E-state index in [1.165, 1.54) is 18.9 Å². The summed E-state index contributed by atoms with van der Waals surface area (Å²) in [6, 6.07) is 4.78. The third-order valence-electron chi connectivity index (χ3n) is 3.67. The molecule has 4 nitrogen and oxygen atoms in total. The Hall–Kier alpha value is -1.26. The summed E-state index contributed by atoms with van der Waals surface area (Å²) in [5, 5.41) is 22.4. The van der Waals surface area contributed by atoms with E-state index in [0.29, 0.717) is 6.10 Å². The van der Waals surface area contributed by atoms with Crippen molar-refractivity contribution in [1.82, 2.24) is 5.32 Å². The van der Waals surface area contributed by atoms with Crippen molar-refractivity contribution in [3.05, 3.63) is 23.8 Å². The lowest BCUT2D eigenvalue weighted by molar-refractivity contribution is 0.0112. The first-order chi connectivity index (χ1) is 9.16. The molecule has 1 saturated heterocycles. The minimum absolute atomic E-state index is 0.0594. The number of rotatable bonds is 5. The topological polar surface area (TPSA) is 61.7 Å². The average Bonchev–Trinajstić information content (AvgIpc) is 2.39. The van der Waals surface area contributed by atoms with Gasteiger partial charge in [0.15, 0.2) is 0 Å². The van der Waals surface area contributed by atoms with Gasteiger partial charge in [-0.3, -0.25) is 0 Å². The monoisotopic (exact) mass is 265 g/mol. The van der Waals surface area contributed by atoms with Gasteiger partial charge < -0.3 is 20.3 Å². The standard InChI is InChI=1S/C15H23NO3/c1-11(14-6-5-12(17)10-15(14)18)16-8-7-13-4-2-3-9-19-13/h5-6,10-11,13,16-18H,2-4,7-9H2,1H3. The van der Waals surface area contributed by atoms with Gasteiger partial charge in [-0.2, -0.15) is 0 Å². The molecule has 0 spiro atoms. The second-order valence-electron chi connectivity index (χ2n) is 5.20. The van der Waals surface area contributed by atoms with E-state index in [4.69, 9.17) is 4.74 Å². The van der Waals surface area contributed by atoms with Gasteiger partial charge in [-0.15, -0.1) is 0 Å². The van der Waals surface area contributed by atoms with Crippen LogP contribution in [0.3, 0.4) is 0 Å². The summed E-state index contributed by atoms with van der Waals surface area (Å²) < 4.78 is 5.68.